The smallest absolute Gasteiger partial charge is 0.550 e. The first-order valence-electron chi connectivity index (χ1n) is 10.2. The maximum absolute atomic E-state index is 12.2. The molecule has 0 heterocycles. The Kier molecular flexibility index (Phi) is 21.3. The molecule has 0 saturated carbocycles. The molecule has 1 amide bonds. The molecule has 0 bridgehead atoms. The molecule has 0 aromatic rings. The number of hydrogen-bond donors (Lipinski definition) is 2. The minimum absolute atomic E-state index is 0. The molecule has 2 N–H and O–H groups in total. The number of nitrogens with one attached hydrogen (secondary N) is 2. The molecule has 0 aliphatic heterocycles. The summed E-state index contributed by atoms with van der Waals surface area (Å²) in [5.41, 5.74) is 0. The number of unbranched alkanes of at least 4 members (excludes halogenated alkanes) is 8. The van der Waals surface area contributed by atoms with E-state index in [1.54, 1.807) is 0 Å². The standard InChI is InChI=1S/C20H40N2O3.Na/c1-4-5-6-7-8-9-10-11-12-14-21-18(16-17(2)3)20(25)22-15-13-19(23)24;/h17-18,21H,4-16H2,1-3H3,(H,22,25)(H,23,24);/q;+1/p-1/t18-;/m0./s1. The number of carbonyl (C=O) groups is 2. The molecule has 1 atom stereocenters. The predicted molar refractivity (Wildman–Crippen MR) is 101 cm³/mol. The number of amides is 1. The SMILES string of the molecule is CCCCCCCCCCCN[C@@H](CC(C)C)C(=O)NCCC(=O)[O-].[Na+]. The number of carbonyl (C=O) groups excluding carboxylic acids is 2. The molecule has 148 valence electrons. The van der Waals surface area contributed by atoms with E-state index in [2.05, 4.69) is 31.4 Å². The molecular weight excluding hydrogens is 339 g/mol. The van der Waals surface area contributed by atoms with Crippen molar-refractivity contribution >= 4 is 11.9 Å². The van der Waals surface area contributed by atoms with Crippen molar-refractivity contribution in [3.8, 4) is 0 Å². The summed E-state index contributed by atoms with van der Waals surface area (Å²) in [4.78, 5) is 22.6. The average Bonchev–Trinajstić information content (AvgIpc) is 2.54. The first kappa shape index (κ1) is 28.1. The molecule has 0 spiro atoms. The summed E-state index contributed by atoms with van der Waals surface area (Å²) in [6, 6.07) is -0.240. The van der Waals surface area contributed by atoms with E-state index >= 15 is 0 Å². The van der Waals surface area contributed by atoms with Crippen LogP contribution >= 0.6 is 0 Å². The van der Waals surface area contributed by atoms with Gasteiger partial charge in [-0.2, -0.15) is 0 Å². The fourth-order valence-electron chi connectivity index (χ4n) is 2.88. The Hall–Kier alpha value is -0.100. The molecule has 0 saturated heterocycles. The number of carboxylic acid groups (broad SMARTS) is 1. The molecule has 0 unspecified atom stereocenters. The van der Waals surface area contributed by atoms with Crippen molar-refractivity contribution in [2.75, 3.05) is 13.1 Å². The van der Waals surface area contributed by atoms with Gasteiger partial charge in [0.2, 0.25) is 5.91 Å². The molecule has 0 fully saturated rings. The van der Waals surface area contributed by atoms with E-state index in [9.17, 15) is 14.7 Å². The van der Waals surface area contributed by atoms with Gasteiger partial charge in [-0.3, -0.25) is 4.79 Å². The first-order chi connectivity index (χ1) is 12.0. The van der Waals surface area contributed by atoms with Crippen LogP contribution in [0.5, 0.6) is 0 Å². The van der Waals surface area contributed by atoms with Crippen LogP contribution in [0, 0.1) is 5.92 Å². The van der Waals surface area contributed by atoms with Crippen LogP contribution in [0.4, 0.5) is 0 Å². The van der Waals surface area contributed by atoms with E-state index in [1.807, 2.05) is 0 Å². The summed E-state index contributed by atoms with van der Waals surface area (Å²) < 4.78 is 0. The van der Waals surface area contributed by atoms with Gasteiger partial charge in [0, 0.05) is 18.9 Å². The summed E-state index contributed by atoms with van der Waals surface area (Å²) in [5.74, 6) is -0.832. The van der Waals surface area contributed by atoms with Crippen LogP contribution < -0.4 is 45.3 Å². The molecular formula is C20H39N2NaO3. The van der Waals surface area contributed by atoms with Crippen molar-refractivity contribution in [2.45, 2.75) is 97.4 Å². The minimum atomic E-state index is -1.14. The van der Waals surface area contributed by atoms with Crippen molar-refractivity contribution in [3.05, 3.63) is 0 Å². The van der Waals surface area contributed by atoms with Gasteiger partial charge in [-0.25, -0.2) is 0 Å². The Morgan fingerprint density at radius 2 is 1.42 bits per heavy atom. The van der Waals surface area contributed by atoms with Crippen LogP contribution in [0.1, 0.15) is 91.4 Å². The Morgan fingerprint density at radius 3 is 1.92 bits per heavy atom. The summed E-state index contributed by atoms with van der Waals surface area (Å²) in [6.07, 6.45) is 12.2. The van der Waals surface area contributed by atoms with Crippen LogP contribution in [-0.4, -0.2) is 31.0 Å². The number of aliphatic carboxylic acids is 1. The topological polar surface area (TPSA) is 81.3 Å². The maximum atomic E-state index is 12.2. The quantitative estimate of drug-likeness (QED) is 0.271. The van der Waals surface area contributed by atoms with Crippen molar-refractivity contribution in [1.82, 2.24) is 10.6 Å². The molecule has 0 aliphatic carbocycles. The third-order valence-corrected chi connectivity index (χ3v) is 4.32. The Balaban J connectivity index is 0. The van der Waals surface area contributed by atoms with Crippen molar-refractivity contribution < 1.29 is 44.3 Å². The first-order valence-corrected chi connectivity index (χ1v) is 10.2. The monoisotopic (exact) mass is 378 g/mol. The van der Waals surface area contributed by atoms with Crippen LogP contribution in [-0.2, 0) is 9.59 Å². The fraction of sp³-hybridized carbons (Fsp3) is 0.900. The molecule has 0 rings (SSSR count). The summed E-state index contributed by atoms with van der Waals surface area (Å²) in [7, 11) is 0. The summed E-state index contributed by atoms with van der Waals surface area (Å²) in [6.45, 7) is 7.38. The van der Waals surface area contributed by atoms with Crippen LogP contribution in [0.3, 0.4) is 0 Å². The molecule has 0 aromatic carbocycles. The predicted octanol–water partition coefficient (Wildman–Crippen LogP) is -0.218. The van der Waals surface area contributed by atoms with E-state index in [1.165, 1.54) is 51.4 Å². The molecule has 6 heteroatoms. The maximum Gasteiger partial charge on any atom is 1.00 e. The zero-order valence-electron chi connectivity index (χ0n) is 17.6. The summed E-state index contributed by atoms with van der Waals surface area (Å²) in [5, 5.41) is 16.4. The van der Waals surface area contributed by atoms with E-state index in [-0.39, 0.29) is 54.5 Å². The second-order valence-electron chi connectivity index (χ2n) is 7.38. The van der Waals surface area contributed by atoms with Gasteiger partial charge in [-0.05, 0) is 25.3 Å². The third kappa shape index (κ3) is 18.7. The number of rotatable bonds is 17. The minimum Gasteiger partial charge on any atom is -0.550 e. The normalized spacial score (nSPS) is 11.8. The van der Waals surface area contributed by atoms with E-state index in [4.69, 9.17) is 0 Å². The average molecular weight is 379 g/mol. The van der Waals surface area contributed by atoms with Crippen molar-refractivity contribution in [1.29, 1.82) is 0 Å². The van der Waals surface area contributed by atoms with Gasteiger partial charge in [0.05, 0.1) is 6.04 Å². The Labute approximate surface area is 182 Å². The third-order valence-electron chi connectivity index (χ3n) is 4.32. The second-order valence-corrected chi connectivity index (χ2v) is 7.38. The fourth-order valence-corrected chi connectivity index (χ4v) is 2.88. The largest absolute Gasteiger partial charge is 1.00 e. The van der Waals surface area contributed by atoms with Crippen molar-refractivity contribution in [3.63, 3.8) is 0 Å². The second kappa shape index (κ2) is 19.7. The van der Waals surface area contributed by atoms with Crippen LogP contribution in [0.2, 0.25) is 0 Å². The molecule has 26 heavy (non-hydrogen) atoms. The van der Waals surface area contributed by atoms with E-state index in [0.29, 0.717) is 5.92 Å². The molecule has 0 aliphatic rings. The van der Waals surface area contributed by atoms with Gasteiger partial charge in [-0.15, -0.1) is 0 Å². The molecule has 5 nitrogen and oxygen atoms in total. The Morgan fingerprint density at radius 1 is 0.885 bits per heavy atom. The van der Waals surface area contributed by atoms with Crippen LogP contribution in [0.25, 0.3) is 0 Å². The zero-order valence-corrected chi connectivity index (χ0v) is 19.6. The van der Waals surface area contributed by atoms with Gasteiger partial charge >= 0.3 is 29.6 Å². The van der Waals surface area contributed by atoms with Gasteiger partial charge < -0.3 is 20.5 Å². The molecule has 0 aromatic heterocycles. The van der Waals surface area contributed by atoms with Crippen LogP contribution in [0.15, 0.2) is 0 Å². The van der Waals surface area contributed by atoms with Gasteiger partial charge in [0.25, 0.3) is 0 Å². The van der Waals surface area contributed by atoms with Crippen molar-refractivity contribution in [2.24, 2.45) is 5.92 Å². The summed E-state index contributed by atoms with van der Waals surface area (Å²) >= 11 is 0. The number of hydrogen-bond acceptors (Lipinski definition) is 4. The van der Waals surface area contributed by atoms with E-state index < -0.39 is 5.97 Å². The Bertz CT molecular complexity index is 352. The van der Waals surface area contributed by atoms with Gasteiger partial charge in [0.1, 0.15) is 0 Å². The zero-order chi connectivity index (χ0) is 18.9. The van der Waals surface area contributed by atoms with E-state index in [0.717, 1.165) is 19.4 Å². The van der Waals surface area contributed by atoms with Gasteiger partial charge in [0.15, 0.2) is 0 Å². The molecule has 0 radical (unpaired) electrons. The van der Waals surface area contributed by atoms with Gasteiger partial charge in [-0.1, -0.05) is 72.1 Å². The number of carboxylic acids is 1.